The minimum atomic E-state index is -0.803. The van der Waals surface area contributed by atoms with Crippen LogP contribution in [0, 0.1) is 5.92 Å². The number of aliphatic carboxylic acids is 1. The highest BCUT2D eigenvalue weighted by atomic mass is 16.4. The minimum absolute atomic E-state index is 0.0718. The van der Waals surface area contributed by atoms with E-state index in [4.69, 9.17) is 5.11 Å². The first-order valence-electron chi connectivity index (χ1n) is 7.93. The van der Waals surface area contributed by atoms with Gasteiger partial charge in [-0.25, -0.2) is 0 Å². The molecule has 20 heavy (non-hydrogen) atoms. The van der Waals surface area contributed by atoms with E-state index in [1.165, 1.54) is 25.7 Å². The summed E-state index contributed by atoms with van der Waals surface area (Å²) < 4.78 is 0. The zero-order valence-corrected chi connectivity index (χ0v) is 11.9. The maximum Gasteiger partial charge on any atom is 0.305 e. The van der Waals surface area contributed by atoms with Crippen molar-refractivity contribution in [3.63, 3.8) is 0 Å². The van der Waals surface area contributed by atoms with Crippen molar-refractivity contribution in [1.82, 2.24) is 10.2 Å². The molecule has 4 unspecified atom stereocenters. The number of carbonyl (C=O) groups is 2. The third-order valence-corrected chi connectivity index (χ3v) is 5.23. The zero-order valence-electron chi connectivity index (χ0n) is 11.9. The van der Waals surface area contributed by atoms with Crippen molar-refractivity contribution < 1.29 is 14.7 Å². The fourth-order valence-corrected chi connectivity index (χ4v) is 4.25. The maximum absolute atomic E-state index is 12.7. The molecular formula is C15H24N2O3. The second-order valence-electron chi connectivity index (χ2n) is 6.53. The summed E-state index contributed by atoms with van der Waals surface area (Å²) in [4.78, 5) is 25.4. The van der Waals surface area contributed by atoms with Crippen molar-refractivity contribution in [2.75, 3.05) is 6.54 Å². The number of likely N-dealkylation sites (tertiary alicyclic amines) is 1. The average molecular weight is 280 g/mol. The molecule has 2 saturated heterocycles. The van der Waals surface area contributed by atoms with Crippen LogP contribution in [0.1, 0.15) is 51.4 Å². The molecule has 3 aliphatic rings. The van der Waals surface area contributed by atoms with Gasteiger partial charge in [0, 0.05) is 18.6 Å². The van der Waals surface area contributed by atoms with Crippen LogP contribution in [-0.4, -0.2) is 46.6 Å². The van der Waals surface area contributed by atoms with Gasteiger partial charge in [-0.3, -0.25) is 9.59 Å². The first-order chi connectivity index (χ1) is 9.65. The molecule has 2 aliphatic heterocycles. The third-order valence-electron chi connectivity index (χ3n) is 5.23. The second-order valence-corrected chi connectivity index (χ2v) is 6.53. The van der Waals surface area contributed by atoms with Gasteiger partial charge in [0.05, 0.1) is 12.5 Å². The molecule has 2 heterocycles. The fourth-order valence-electron chi connectivity index (χ4n) is 4.25. The number of rotatable bonds is 3. The van der Waals surface area contributed by atoms with E-state index in [-0.39, 0.29) is 24.4 Å². The number of amides is 1. The smallest absolute Gasteiger partial charge is 0.305 e. The van der Waals surface area contributed by atoms with Crippen LogP contribution in [0.15, 0.2) is 0 Å². The number of nitrogens with zero attached hydrogens (tertiary/aromatic N) is 1. The maximum atomic E-state index is 12.7. The number of fused-ring (bicyclic) bond motifs is 1. The number of hydrogen-bond donors (Lipinski definition) is 2. The summed E-state index contributed by atoms with van der Waals surface area (Å²) in [6, 6.07) is 0.347. The van der Waals surface area contributed by atoms with E-state index in [9.17, 15) is 9.59 Å². The Morgan fingerprint density at radius 2 is 1.95 bits per heavy atom. The molecule has 2 N–H and O–H groups in total. The number of nitrogens with one attached hydrogen (secondary N) is 1. The summed E-state index contributed by atoms with van der Waals surface area (Å²) in [5.74, 6) is -0.0101. The average Bonchev–Trinajstić information content (AvgIpc) is 3.03. The van der Waals surface area contributed by atoms with E-state index in [1.54, 1.807) is 0 Å². The molecule has 1 saturated carbocycles. The number of carbonyl (C=O) groups excluding carboxylic acids is 1. The first-order valence-corrected chi connectivity index (χ1v) is 7.93. The molecule has 0 aromatic carbocycles. The molecule has 5 heteroatoms. The Morgan fingerprint density at radius 3 is 2.70 bits per heavy atom. The van der Waals surface area contributed by atoms with Crippen LogP contribution in [-0.2, 0) is 9.59 Å². The lowest BCUT2D eigenvalue weighted by molar-refractivity contribution is -0.140. The predicted molar refractivity (Wildman–Crippen MR) is 74.3 cm³/mol. The molecular weight excluding hydrogens is 256 g/mol. The van der Waals surface area contributed by atoms with Crippen molar-refractivity contribution in [3.05, 3.63) is 0 Å². The molecule has 0 aromatic heterocycles. The molecule has 3 rings (SSSR count). The van der Waals surface area contributed by atoms with E-state index in [1.807, 2.05) is 4.90 Å². The Kier molecular flexibility index (Phi) is 3.96. The van der Waals surface area contributed by atoms with Gasteiger partial charge in [-0.05, 0) is 38.0 Å². The summed E-state index contributed by atoms with van der Waals surface area (Å²) in [7, 11) is 0. The molecule has 0 bridgehead atoms. The van der Waals surface area contributed by atoms with Crippen LogP contribution in [0.5, 0.6) is 0 Å². The van der Waals surface area contributed by atoms with Gasteiger partial charge in [0.15, 0.2) is 0 Å². The lowest BCUT2D eigenvalue weighted by Crippen LogP contribution is -2.47. The number of carboxylic acids is 1. The Bertz CT molecular complexity index is 385. The van der Waals surface area contributed by atoms with Crippen molar-refractivity contribution in [1.29, 1.82) is 0 Å². The normalized spacial score (nSPS) is 36.9. The zero-order chi connectivity index (χ0) is 14.1. The first kappa shape index (κ1) is 13.9. The van der Waals surface area contributed by atoms with Crippen molar-refractivity contribution >= 4 is 11.9 Å². The lowest BCUT2D eigenvalue weighted by atomic mass is 9.85. The summed E-state index contributed by atoms with van der Waals surface area (Å²) in [6.07, 6.45) is 7.77. The van der Waals surface area contributed by atoms with Gasteiger partial charge in [0.2, 0.25) is 5.91 Å². The van der Waals surface area contributed by atoms with Crippen molar-refractivity contribution in [2.45, 2.75) is 69.5 Å². The van der Waals surface area contributed by atoms with Crippen LogP contribution >= 0.6 is 0 Å². The molecule has 3 fully saturated rings. The molecule has 4 atom stereocenters. The Morgan fingerprint density at radius 1 is 1.15 bits per heavy atom. The van der Waals surface area contributed by atoms with Gasteiger partial charge < -0.3 is 15.3 Å². The molecule has 0 spiro atoms. The molecule has 0 aromatic rings. The van der Waals surface area contributed by atoms with Crippen LogP contribution in [0.4, 0.5) is 0 Å². The molecule has 1 amide bonds. The van der Waals surface area contributed by atoms with Crippen LogP contribution < -0.4 is 5.32 Å². The summed E-state index contributed by atoms with van der Waals surface area (Å²) in [5.41, 5.74) is 0. The van der Waals surface area contributed by atoms with Crippen LogP contribution in [0.25, 0.3) is 0 Å². The summed E-state index contributed by atoms with van der Waals surface area (Å²) >= 11 is 0. The quantitative estimate of drug-likeness (QED) is 0.819. The van der Waals surface area contributed by atoms with Gasteiger partial charge in [0.1, 0.15) is 0 Å². The Hall–Kier alpha value is -1.10. The highest BCUT2D eigenvalue weighted by Gasteiger charge is 2.42. The number of carboxylic acid groups (broad SMARTS) is 1. The minimum Gasteiger partial charge on any atom is -0.481 e. The largest absolute Gasteiger partial charge is 0.481 e. The summed E-state index contributed by atoms with van der Waals surface area (Å²) in [6.45, 7) is 0.726. The van der Waals surface area contributed by atoms with Gasteiger partial charge in [-0.15, -0.1) is 0 Å². The van der Waals surface area contributed by atoms with Gasteiger partial charge >= 0.3 is 5.97 Å². The Balaban J connectivity index is 1.62. The van der Waals surface area contributed by atoms with E-state index >= 15 is 0 Å². The molecule has 5 nitrogen and oxygen atoms in total. The van der Waals surface area contributed by atoms with Crippen LogP contribution in [0.3, 0.4) is 0 Å². The van der Waals surface area contributed by atoms with Gasteiger partial charge in [0.25, 0.3) is 0 Å². The monoisotopic (exact) mass is 280 g/mol. The highest BCUT2D eigenvalue weighted by molar-refractivity contribution is 5.83. The van der Waals surface area contributed by atoms with Crippen molar-refractivity contribution in [2.24, 2.45) is 5.92 Å². The lowest BCUT2D eigenvalue weighted by Gasteiger charge is -2.27. The van der Waals surface area contributed by atoms with E-state index in [0.29, 0.717) is 12.0 Å². The molecule has 1 aliphatic carbocycles. The van der Waals surface area contributed by atoms with Crippen LogP contribution in [0.2, 0.25) is 0 Å². The third kappa shape index (κ3) is 2.68. The van der Waals surface area contributed by atoms with E-state index < -0.39 is 5.97 Å². The standard InChI is InChI=1S/C15H24N2O3/c18-14(19)9-11-5-3-7-17(11)15(20)13-8-10-4-1-2-6-12(10)16-13/h10-13,16H,1-9H2,(H,18,19). The van der Waals surface area contributed by atoms with Gasteiger partial charge in [-0.1, -0.05) is 12.8 Å². The van der Waals surface area contributed by atoms with Gasteiger partial charge in [-0.2, -0.15) is 0 Å². The predicted octanol–water partition coefficient (Wildman–Crippen LogP) is 1.37. The second kappa shape index (κ2) is 5.72. The SMILES string of the molecule is O=C(O)CC1CCCN1C(=O)C1CC2CCCCC2N1. The highest BCUT2D eigenvalue weighted by Crippen LogP contribution is 2.34. The topological polar surface area (TPSA) is 69.6 Å². The van der Waals surface area contributed by atoms with Crippen molar-refractivity contribution in [3.8, 4) is 0 Å². The number of hydrogen-bond acceptors (Lipinski definition) is 3. The summed E-state index contributed by atoms with van der Waals surface area (Å²) in [5, 5.41) is 12.5. The van der Waals surface area contributed by atoms with E-state index in [0.717, 1.165) is 25.8 Å². The molecule has 112 valence electrons. The molecule has 0 radical (unpaired) electrons. The Labute approximate surface area is 119 Å². The van der Waals surface area contributed by atoms with E-state index in [2.05, 4.69) is 5.32 Å². The fraction of sp³-hybridized carbons (Fsp3) is 0.867.